The minimum atomic E-state index is 0.138. The number of pyridine rings is 1. The average molecular weight is 295 g/mol. The Hall–Kier alpha value is -1.13. The summed E-state index contributed by atoms with van der Waals surface area (Å²) in [5.41, 5.74) is 2.26. The second-order valence-electron chi connectivity index (χ2n) is 3.88. The molecule has 0 aliphatic carbocycles. The summed E-state index contributed by atoms with van der Waals surface area (Å²) in [4.78, 5) is 4.21. The van der Waals surface area contributed by atoms with E-state index >= 15 is 0 Å². The molecule has 2 heterocycles. The third kappa shape index (κ3) is 3.17. The molecule has 0 spiro atoms. The summed E-state index contributed by atoms with van der Waals surface area (Å²) < 4.78 is 6.14. The smallest absolute Gasteiger partial charge is 0.0953 e. The van der Waals surface area contributed by atoms with E-state index in [-0.39, 0.29) is 6.04 Å². The Balaban J connectivity index is 2.27. The standard InChI is InChI=1S/C13H15BrN2O/c1-2-4-16-13(10-3-5-17-9-10)11-6-12(14)8-15-7-11/h3,5-9,13,16H,2,4H2,1H3. The highest BCUT2D eigenvalue weighted by molar-refractivity contribution is 9.10. The van der Waals surface area contributed by atoms with Crippen LogP contribution in [0, 0.1) is 0 Å². The molecule has 1 atom stereocenters. The minimum Gasteiger partial charge on any atom is -0.472 e. The molecular weight excluding hydrogens is 280 g/mol. The first-order chi connectivity index (χ1) is 8.31. The number of nitrogens with one attached hydrogen (secondary N) is 1. The quantitative estimate of drug-likeness (QED) is 0.917. The van der Waals surface area contributed by atoms with Crippen molar-refractivity contribution in [2.45, 2.75) is 19.4 Å². The molecule has 0 aliphatic heterocycles. The zero-order valence-electron chi connectivity index (χ0n) is 9.69. The van der Waals surface area contributed by atoms with Crippen molar-refractivity contribution in [3.8, 4) is 0 Å². The van der Waals surface area contributed by atoms with Crippen molar-refractivity contribution in [1.82, 2.24) is 10.3 Å². The predicted molar refractivity (Wildman–Crippen MR) is 70.8 cm³/mol. The van der Waals surface area contributed by atoms with Crippen LogP contribution in [0.25, 0.3) is 0 Å². The molecule has 0 fully saturated rings. The topological polar surface area (TPSA) is 38.1 Å². The molecule has 2 rings (SSSR count). The van der Waals surface area contributed by atoms with E-state index in [1.165, 1.54) is 0 Å². The summed E-state index contributed by atoms with van der Waals surface area (Å²) in [6.07, 6.45) is 8.23. The minimum absolute atomic E-state index is 0.138. The van der Waals surface area contributed by atoms with E-state index in [9.17, 15) is 0 Å². The van der Waals surface area contributed by atoms with Gasteiger partial charge in [-0.2, -0.15) is 0 Å². The maximum atomic E-state index is 5.16. The Morgan fingerprint density at radius 2 is 2.29 bits per heavy atom. The molecule has 0 bridgehead atoms. The SMILES string of the molecule is CCCNC(c1ccoc1)c1cncc(Br)c1. The van der Waals surface area contributed by atoms with Crippen LogP contribution < -0.4 is 5.32 Å². The second kappa shape index (κ2) is 5.98. The average Bonchev–Trinajstić information content (AvgIpc) is 2.83. The summed E-state index contributed by atoms with van der Waals surface area (Å²) in [6, 6.07) is 4.19. The summed E-state index contributed by atoms with van der Waals surface area (Å²) >= 11 is 3.45. The molecule has 0 amide bonds. The third-order valence-corrected chi connectivity index (χ3v) is 2.97. The van der Waals surface area contributed by atoms with Gasteiger partial charge in [0.1, 0.15) is 0 Å². The van der Waals surface area contributed by atoms with E-state index in [4.69, 9.17) is 4.42 Å². The lowest BCUT2D eigenvalue weighted by molar-refractivity contribution is 0.548. The highest BCUT2D eigenvalue weighted by atomic mass is 79.9. The number of halogens is 1. The fourth-order valence-electron chi connectivity index (χ4n) is 1.74. The molecule has 0 saturated heterocycles. The fraction of sp³-hybridized carbons (Fsp3) is 0.308. The van der Waals surface area contributed by atoms with Crippen LogP contribution in [0.1, 0.15) is 30.5 Å². The van der Waals surface area contributed by atoms with Gasteiger partial charge in [0.2, 0.25) is 0 Å². The van der Waals surface area contributed by atoms with E-state index in [2.05, 4.69) is 39.2 Å². The van der Waals surface area contributed by atoms with E-state index in [0.29, 0.717) is 0 Å². The summed E-state index contributed by atoms with van der Waals surface area (Å²) in [5, 5.41) is 3.49. The molecule has 0 radical (unpaired) electrons. The van der Waals surface area contributed by atoms with E-state index < -0.39 is 0 Å². The van der Waals surface area contributed by atoms with Crippen LogP contribution in [0.2, 0.25) is 0 Å². The molecule has 17 heavy (non-hydrogen) atoms. The van der Waals surface area contributed by atoms with Crippen molar-refractivity contribution < 1.29 is 4.42 Å². The summed E-state index contributed by atoms with van der Waals surface area (Å²) in [5.74, 6) is 0. The Morgan fingerprint density at radius 1 is 1.41 bits per heavy atom. The van der Waals surface area contributed by atoms with Gasteiger partial charge in [0.25, 0.3) is 0 Å². The lowest BCUT2D eigenvalue weighted by atomic mass is 10.0. The molecular formula is C13H15BrN2O. The largest absolute Gasteiger partial charge is 0.472 e. The number of hydrogen-bond donors (Lipinski definition) is 1. The van der Waals surface area contributed by atoms with Crippen molar-refractivity contribution in [1.29, 1.82) is 0 Å². The molecule has 2 aromatic heterocycles. The molecule has 0 aromatic carbocycles. The number of aromatic nitrogens is 1. The van der Waals surface area contributed by atoms with Crippen LogP contribution in [-0.4, -0.2) is 11.5 Å². The Kier molecular flexibility index (Phi) is 4.34. The van der Waals surface area contributed by atoms with Crippen LogP contribution in [0.4, 0.5) is 0 Å². The van der Waals surface area contributed by atoms with E-state index in [1.807, 2.05) is 12.3 Å². The summed E-state index contributed by atoms with van der Waals surface area (Å²) in [7, 11) is 0. The Morgan fingerprint density at radius 3 is 2.94 bits per heavy atom. The zero-order chi connectivity index (χ0) is 12.1. The second-order valence-corrected chi connectivity index (χ2v) is 4.80. The molecule has 3 nitrogen and oxygen atoms in total. The van der Waals surface area contributed by atoms with Crippen molar-refractivity contribution in [3.05, 3.63) is 52.7 Å². The van der Waals surface area contributed by atoms with Crippen LogP contribution in [-0.2, 0) is 0 Å². The van der Waals surface area contributed by atoms with Gasteiger partial charge < -0.3 is 9.73 Å². The molecule has 2 aromatic rings. The van der Waals surface area contributed by atoms with Crippen LogP contribution in [0.15, 0.2) is 45.9 Å². The molecule has 4 heteroatoms. The highest BCUT2D eigenvalue weighted by Crippen LogP contribution is 2.23. The monoisotopic (exact) mass is 294 g/mol. The van der Waals surface area contributed by atoms with Crippen molar-refractivity contribution in [3.63, 3.8) is 0 Å². The van der Waals surface area contributed by atoms with E-state index in [1.54, 1.807) is 18.7 Å². The van der Waals surface area contributed by atoms with Crippen LogP contribution in [0.3, 0.4) is 0 Å². The molecule has 0 aliphatic rings. The Labute approximate surface area is 109 Å². The van der Waals surface area contributed by atoms with Gasteiger partial charge in [-0.25, -0.2) is 0 Å². The predicted octanol–water partition coefficient (Wildman–Crippen LogP) is 3.53. The first-order valence-corrected chi connectivity index (χ1v) is 6.46. The van der Waals surface area contributed by atoms with Crippen molar-refractivity contribution in [2.75, 3.05) is 6.54 Å². The van der Waals surface area contributed by atoms with Gasteiger partial charge in [0.15, 0.2) is 0 Å². The van der Waals surface area contributed by atoms with E-state index in [0.717, 1.165) is 28.6 Å². The van der Waals surface area contributed by atoms with Gasteiger partial charge in [-0.1, -0.05) is 6.92 Å². The number of furan rings is 1. The van der Waals surface area contributed by atoms with Gasteiger partial charge in [-0.15, -0.1) is 0 Å². The number of rotatable bonds is 5. The van der Waals surface area contributed by atoms with Gasteiger partial charge in [0, 0.05) is 22.4 Å². The van der Waals surface area contributed by atoms with Gasteiger partial charge in [-0.05, 0) is 46.6 Å². The lowest BCUT2D eigenvalue weighted by Gasteiger charge is -2.17. The lowest BCUT2D eigenvalue weighted by Crippen LogP contribution is -2.22. The van der Waals surface area contributed by atoms with Gasteiger partial charge in [-0.3, -0.25) is 4.98 Å². The fourth-order valence-corrected chi connectivity index (χ4v) is 2.12. The molecule has 1 unspecified atom stereocenters. The number of hydrogen-bond acceptors (Lipinski definition) is 3. The molecule has 1 N–H and O–H groups in total. The Bertz CT molecular complexity index is 456. The maximum absolute atomic E-state index is 5.16. The number of nitrogens with zero attached hydrogens (tertiary/aromatic N) is 1. The zero-order valence-corrected chi connectivity index (χ0v) is 11.3. The molecule has 0 saturated carbocycles. The van der Waals surface area contributed by atoms with Gasteiger partial charge in [0.05, 0.1) is 18.6 Å². The first kappa shape index (κ1) is 12.3. The third-order valence-electron chi connectivity index (χ3n) is 2.53. The van der Waals surface area contributed by atoms with Crippen molar-refractivity contribution >= 4 is 15.9 Å². The maximum Gasteiger partial charge on any atom is 0.0953 e. The van der Waals surface area contributed by atoms with Gasteiger partial charge >= 0.3 is 0 Å². The van der Waals surface area contributed by atoms with Crippen LogP contribution >= 0.6 is 15.9 Å². The summed E-state index contributed by atoms with van der Waals surface area (Å²) in [6.45, 7) is 3.11. The first-order valence-electron chi connectivity index (χ1n) is 5.67. The van der Waals surface area contributed by atoms with Crippen molar-refractivity contribution in [2.24, 2.45) is 0 Å². The van der Waals surface area contributed by atoms with Crippen LogP contribution in [0.5, 0.6) is 0 Å². The molecule has 90 valence electrons. The normalized spacial score (nSPS) is 12.6. The highest BCUT2D eigenvalue weighted by Gasteiger charge is 2.14.